The summed E-state index contributed by atoms with van der Waals surface area (Å²) in [5.74, 6) is -0.0930. The topological polar surface area (TPSA) is 46.6 Å². The Hall–Kier alpha value is -3.09. The molecule has 3 rings (SSSR count). The van der Waals surface area contributed by atoms with Crippen LogP contribution in [0.1, 0.15) is 38.3 Å². The summed E-state index contributed by atoms with van der Waals surface area (Å²) in [6, 6.07) is 11.7. The Morgan fingerprint density at radius 2 is 1.72 bits per heavy atom. The van der Waals surface area contributed by atoms with Gasteiger partial charge in [-0.3, -0.25) is 9.69 Å². The molecule has 1 aliphatic rings. The van der Waals surface area contributed by atoms with E-state index in [1.54, 1.807) is 32.9 Å². The van der Waals surface area contributed by atoms with Gasteiger partial charge < -0.3 is 4.74 Å². The number of aryl methyl sites for hydroxylation is 1. The largest absolute Gasteiger partial charge is 0.444 e. The zero-order chi connectivity index (χ0) is 23.5. The Kier molecular flexibility index (Phi) is 6.77. The van der Waals surface area contributed by atoms with Crippen molar-refractivity contribution in [3.63, 3.8) is 0 Å². The summed E-state index contributed by atoms with van der Waals surface area (Å²) in [6.07, 6.45) is -0.722. The van der Waals surface area contributed by atoms with Gasteiger partial charge in [0.15, 0.2) is 5.78 Å². The van der Waals surface area contributed by atoms with Crippen molar-refractivity contribution < 1.29 is 27.5 Å². The van der Waals surface area contributed by atoms with E-state index < -0.39 is 29.5 Å². The van der Waals surface area contributed by atoms with Crippen molar-refractivity contribution in [2.75, 3.05) is 6.54 Å². The van der Waals surface area contributed by atoms with Gasteiger partial charge in [0, 0.05) is 13.0 Å². The van der Waals surface area contributed by atoms with Crippen LogP contribution in [0.5, 0.6) is 0 Å². The van der Waals surface area contributed by atoms with Gasteiger partial charge in [-0.2, -0.15) is 13.2 Å². The van der Waals surface area contributed by atoms with Crippen LogP contribution >= 0.6 is 0 Å². The van der Waals surface area contributed by atoms with Gasteiger partial charge in [-0.1, -0.05) is 48.6 Å². The number of ether oxygens (including phenoxy) is 1. The smallest absolute Gasteiger partial charge is 0.416 e. The number of carbonyl (C=O) groups is 2. The number of hydrogen-bond acceptors (Lipinski definition) is 3. The highest BCUT2D eigenvalue weighted by Crippen LogP contribution is 2.31. The molecule has 0 aliphatic carbocycles. The molecule has 0 spiro atoms. The Balaban J connectivity index is 1.64. The van der Waals surface area contributed by atoms with Crippen molar-refractivity contribution in [1.82, 2.24) is 4.90 Å². The third-order valence-corrected chi connectivity index (χ3v) is 5.05. The molecule has 2 aromatic carbocycles. The zero-order valence-corrected chi connectivity index (χ0v) is 18.3. The summed E-state index contributed by atoms with van der Waals surface area (Å²) in [5, 5.41) is 0. The number of benzene rings is 2. The van der Waals surface area contributed by atoms with Crippen molar-refractivity contribution in [3.8, 4) is 11.1 Å². The maximum Gasteiger partial charge on any atom is 0.416 e. The first-order valence-corrected chi connectivity index (χ1v) is 10.4. The van der Waals surface area contributed by atoms with Gasteiger partial charge in [-0.15, -0.1) is 0 Å². The molecule has 4 nitrogen and oxygen atoms in total. The van der Waals surface area contributed by atoms with Crippen LogP contribution in [0.2, 0.25) is 0 Å². The van der Waals surface area contributed by atoms with Gasteiger partial charge in [-0.25, -0.2) is 4.79 Å². The van der Waals surface area contributed by atoms with E-state index in [4.69, 9.17) is 4.74 Å². The summed E-state index contributed by atoms with van der Waals surface area (Å²) in [6.45, 7) is 5.65. The number of ketones is 1. The van der Waals surface area contributed by atoms with Crippen molar-refractivity contribution >= 4 is 11.9 Å². The van der Waals surface area contributed by atoms with Crippen LogP contribution in [0.3, 0.4) is 0 Å². The second kappa shape index (κ2) is 9.18. The molecule has 0 fully saturated rings. The molecule has 0 unspecified atom stereocenters. The number of halogens is 3. The quantitative estimate of drug-likeness (QED) is 0.527. The summed E-state index contributed by atoms with van der Waals surface area (Å²) >= 11 is 0. The van der Waals surface area contributed by atoms with Crippen LogP contribution in [-0.2, 0) is 22.1 Å². The fraction of sp³-hybridized carbons (Fsp3) is 0.360. The number of alkyl halides is 3. The van der Waals surface area contributed by atoms with E-state index >= 15 is 0 Å². The minimum Gasteiger partial charge on any atom is -0.444 e. The van der Waals surface area contributed by atoms with Crippen LogP contribution < -0.4 is 0 Å². The van der Waals surface area contributed by atoms with Crippen LogP contribution in [0.15, 0.2) is 60.7 Å². The average Bonchev–Trinajstić information content (AvgIpc) is 3.21. The van der Waals surface area contributed by atoms with Gasteiger partial charge in [0.05, 0.1) is 5.56 Å². The molecule has 1 atom stereocenters. The third kappa shape index (κ3) is 5.99. The lowest BCUT2D eigenvalue weighted by Crippen LogP contribution is -2.43. The molecular weight excluding hydrogens is 419 g/mol. The van der Waals surface area contributed by atoms with E-state index in [2.05, 4.69) is 0 Å². The van der Waals surface area contributed by atoms with Crippen molar-refractivity contribution in [3.05, 3.63) is 71.8 Å². The molecule has 2 aromatic rings. The molecule has 1 amide bonds. The van der Waals surface area contributed by atoms with Crippen molar-refractivity contribution in [1.29, 1.82) is 0 Å². The number of rotatable bonds is 5. The van der Waals surface area contributed by atoms with Crippen LogP contribution in [0.25, 0.3) is 11.1 Å². The van der Waals surface area contributed by atoms with Crippen molar-refractivity contribution in [2.24, 2.45) is 0 Å². The molecule has 0 saturated heterocycles. The van der Waals surface area contributed by atoms with Gasteiger partial charge >= 0.3 is 12.3 Å². The van der Waals surface area contributed by atoms with E-state index in [0.717, 1.165) is 23.3 Å². The highest BCUT2D eigenvalue weighted by molar-refractivity contribution is 5.90. The first-order valence-electron chi connectivity index (χ1n) is 10.4. The Morgan fingerprint density at radius 1 is 1.03 bits per heavy atom. The summed E-state index contributed by atoms with van der Waals surface area (Å²) in [4.78, 5) is 26.6. The minimum absolute atomic E-state index is 0.0930. The maximum atomic E-state index is 12.8. The van der Waals surface area contributed by atoms with E-state index in [1.807, 2.05) is 24.3 Å². The summed E-state index contributed by atoms with van der Waals surface area (Å²) in [7, 11) is 0. The molecule has 7 heteroatoms. The van der Waals surface area contributed by atoms with E-state index in [-0.39, 0.29) is 12.2 Å². The van der Waals surface area contributed by atoms with Gasteiger partial charge in [-0.05, 0) is 56.0 Å². The van der Waals surface area contributed by atoms with Crippen molar-refractivity contribution in [2.45, 2.75) is 51.4 Å². The van der Waals surface area contributed by atoms with Gasteiger partial charge in [0.25, 0.3) is 0 Å². The van der Waals surface area contributed by atoms with Gasteiger partial charge in [0.1, 0.15) is 11.6 Å². The number of hydrogen-bond donors (Lipinski definition) is 0. The Morgan fingerprint density at radius 3 is 2.34 bits per heavy atom. The fourth-order valence-corrected chi connectivity index (χ4v) is 3.48. The lowest BCUT2D eigenvalue weighted by Gasteiger charge is -2.28. The molecule has 170 valence electrons. The predicted octanol–water partition coefficient (Wildman–Crippen LogP) is 6.05. The minimum atomic E-state index is -4.37. The monoisotopic (exact) mass is 445 g/mol. The number of amides is 1. The number of Topliss-reactive ketones (excluding diaryl/α,β-unsaturated/α-hetero) is 1. The average molecular weight is 445 g/mol. The fourth-order valence-electron chi connectivity index (χ4n) is 3.48. The molecular formula is C25H26F3NO3. The second-order valence-electron chi connectivity index (χ2n) is 8.75. The lowest BCUT2D eigenvalue weighted by molar-refractivity contribution is -0.137. The maximum absolute atomic E-state index is 12.8. The standard InChI is InChI=1S/C25H26F3NO3/c1-24(2,3)32-23(31)29-15-5-8-21(29)22(30)14-9-17-6-4-7-19(16-17)18-10-12-20(13-11-18)25(26,27)28/h4-8,10-13,16,21H,9,14-15H2,1-3H3/t21-/m0/s1. The van der Waals surface area contributed by atoms with Crippen LogP contribution in [0.4, 0.5) is 18.0 Å². The SMILES string of the molecule is CC(C)(C)OC(=O)N1CC=C[C@H]1C(=O)CCc1cccc(-c2ccc(C(F)(F)F)cc2)c1. The molecule has 0 bridgehead atoms. The Bertz CT molecular complexity index is 1000. The molecule has 1 aliphatic heterocycles. The molecule has 0 aromatic heterocycles. The van der Waals surface area contributed by atoms with E-state index in [1.165, 1.54) is 17.0 Å². The summed E-state index contributed by atoms with van der Waals surface area (Å²) < 4.78 is 43.7. The summed E-state index contributed by atoms with van der Waals surface area (Å²) in [5.41, 5.74) is 0.996. The number of carbonyl (C=O) groups excluding carboxylic acids is 2. The van der Waals surface area contributed by atoms with Gasteiger partial charge in [0.2, 0.25) is 0 Å². The highest BCUT2D eigenvalue weighted by Gasteiger charge is 2.33. The first kappa shape index (κ1) is 23.6. The normalized spacial score (nSPS) is 16.3. The zero-order valence-electron chi connectivity index (χ0n) is 18.3. The molecule has 32 heavy (non-hydrogen) atoms. The van der Waals surface area contributed by atoms with E-state index in [0.29, 0.717) is 18.5 Å². The third-order valence-electron chi connectivity index (χ3n) is 5.05. The van der Waals surface area contributed by atoms with Crippen LogP contribution in [0, 0.1) is 0 Å². The highest BCUT2D eigenvalue weighted by atomic mass is 19.4. The lowest BCUT2D eigenvalue weighted by atomic mass is 9.98. The Labute approximate surface area is 185 Å². The molecule has 0 N–H and O–H groups in total. The first-order chi connectivity index (χ1) is 14.9. The van der Waals surface area contributed by atoms with E-state index in [9.17, 15) is 22.8 Å². The molecule has 0 radical (unpaired) electrons. The predicted molar refractivity (Wildman–Crippen MR) is 116 cm³/mol. The molecule has 0 saturated carbocycles. The molecule has 1 heterocycles. The second-order valence-corrected chi connectivity index (χ2v) is 8.75. The van der Waals surface area contributed by atoms with Crippen LogP contribution in [-0.4, -0.2) is 35.0 Å². The number of nitrogens with zero attached hydrogens (tertiary/aromatic N) is 1.